The van der Waals surface area contributed by atoms with E-state index in [9.17, 15) is 9.90 Å². The maximum absolute atomic E-state index is 13.1. The number of carbonyl (C=O) groups excluding carboxylic acids is 1. The number of phenolic OH excluding ortho intramolecular Hbond substituents is 1. The van der Waals surface area contributed by atoms with Gasteiger partial charge in [0.1, 0.15) is 11.5 Å². The smallest absolute Gasteiger partial charge is 0.241 e. The van der Waals surface area contributed by atoms with E-state index in [1.54, 1.807) is 23.3 Å². The quantitative estimate of drug-likeness (QED) is 0.678. The first-order chi connectivity index (χ1) is 14.2. The molecule has 150 valence electrons. The van der Waals surface area contributed by atoms with Crippen molar-refractivity contribution in [2.75, 3.05) is 24.5 Å². The van der Waals surface area contributed by atoms with Gasteiger partial charge >= 0.3 is 0 Å². The highest BCUT2D eigenvalue weighted by atomic mass is 16.3. The molecule has 1 N–H and O–H groups in total. The average Bonchev–Trinajstić information content (AvgIpc) is 3.27. The summed E-state index contributed by atoms with van der Waals surface area (Å²) in [4.78, 5) is 17.2. The van der Waals surface area contributed by atoms with Gasteiger partial charge < -0.3 is 14.4 Å². The lowest BCUT2D eigenvalue weighted by Gasteiger charge is -2.33. The van der Waals surface area contributed by atoms with E-state index in [2.05, 4.69) is 4.90 Å². The van der Waals surface area contributed by atoms with Crippen molar-refractivity contribution in [3.63, 3.8) is 0 Å². The SMILES string of the molecule is O=C(CN1CCC(c2ccc(O)cc2)CC1)N(Cc1ccco1)c1ccccc1. The van der Waals surface area contributed by atoms with Crippen LogP contribution in [-0.4, -0.2) is 35.5 Å². The molecule has 29 heavy (non-hydrogen) atoms. The van der Waals surface area contributed by atoms with Gasteiger partial charge in [0.25, 0.3) is 0 Å². The molecule has 2 heterocycles. The fourth-order valence-corrected chi connectivity index (χ4v) is 3.94. The summed E-state index contributed by atoms with van der Waals surface area (Å²) in [6.07, 6.45) is 3.67. The van der Waals surface area contributed by atoms with Gasteiger partial charge in [0, 0.05) is 5.69 Å². The lowest BCUT2D eigenvalue weighted by Crippen LogP contribution is -2.43. The van der Waals surface area contributed by atoms with Gasteiger partial charge in [-0.1, -0.05) is 30.3 Å². The molecule has 4 rings (SSSR count). The molecule has 3 aromatic rings. The summed E-state index contributed by atoms with van der Waals surface area (Å²) < 4.78 is 5.47. The Labute approximate surface area is 171 Å². The second kappa shape index (κ2) is 8.97. The number of hydrogen-bond donors (Lipinski definition) is 1. The molecule has 5 nitrogen and oxygen atoms in total. The molecule has 1 aliphatic heterocycles. The largest absolute Gasteiger partial charge is 0.508 e. The number of para-hydroxylation sites is 1. The van der Waals surface area contributed by atoms with E-state index < -0.39 is 0 Å². The summed E-state index contributed by atoms with van der Waals surface area (Å²) in [6.45, 7) is 2.61. The maximum Gasteiger partial charge on any atom is 0.241 e. The fraction of sp³-hybridized carbons (Fsp3) is 0.292. The van der Waals surface area contributed by atoms with Crippen LogP contribution in [0.5, 0.6) is 5.75 Å². The molecule has 5 heteroatoms. The second-order valence-corrected chi connectivity index (χ2v) is 7.54. The molecule has 2 aromatic carbocycles. The Kier molecular flexibility index (Phi) is 5.96. The summed E-state index contributed by atoms with van der Waals surface area (Å²) in [7, 11) is 0. The Bertz CT molecular complexity index is 899. The van der Waals surface area contributed by atoms with Gasteiger partial charge in [-0.2, -0.15) is 0 Å². The summed E-state index contributed by atoms with van der Waals surface area (Å²) >= 11 is 0. The number of carbonyl (C=O) groups is 1. The topological polar surface area (TPSA) is 56.9 Å². The molecule has 0 atom stereocenters. The van der Waals surface area contributed by atoms with Crippen molar-refractivity contribution in [2.24, 2.45) is 0 Å². The predicted molar refractivity (Wildman–Crippen MR) is 113 cm³/mol. The van der Waals surface area contributed by atoms with E-state index in [1.807, 2.05) is 54.6 Å². The molecule has 0 saturated carbocycles. The molecule has 0 radical (unpaired) electrons. The van der Waals surface area contributed by atoms with Crippen molar-refractivity contribution in [2.45, 2.75) is 25.3 Å². The first-order valence-corrected chi connectivity index (χ1v) is 10.1. The van der Waals surface area contributed by atoms with Gasteiger partial charge in [0.2, 0.25) is 5.91 Å². The number of phenols is 1. The average molecular weight is 390 g/mol. The van der Waals surface area contributed by atoms with Crippen molar-refractivity contribution in [1.29, 1.82) is 0 Å². The Morgan fingerprint density at radius 1 is 1.00 bits per heavy atom. The van der Waals surface area contributed by atoms with Gasteiger partial charge in [-0.05, 0) is 73.8 Å². The van der Waals surface area contributed by atoms with Gasteiger partial charge in [0.05, 0.1) is 19.4 Å². The standard InChI is InChI=1S/C24H26N2O3/c27-22-10-8-19(9-11-22)20-12-14-25(15-13-20)18-24(28)26(17-23-7-4-16-29-23)21-5-2-1-3-6-21/h1-11,16,20,27H,12-15,17-18H2. The Balaban J connectivity index is 1.38. The second-order valence-electron chi connectivity index (χ2n) is 7.54. The molecule has 1 saturated heterocycles. The summed E-state index contributed by atoms with van der Waals surface area (Å²) in [5.41, 5.74) is 2.14. The number of furan rings is 1. The third kappa shape index (κ3) is 4.87. The van der Waals surface area contributed by atoms with Gasteiger partial charge in [-0.15, -0.1) is 0 Å². The zero-order valence-electron chi connectivity index (χ0n) is 16.4. The van der Waals surface area contributed by atoms with Crippen molar-refractivity contribution in [3.8, 4) is 5.75 Å². The molecular weight excluding hydrogens is 364 g/mol. The third-order valence-electron chi connectivity index (χ3n) is 5.57. The minimum absolute atomic E-state index is 0.0793. The molecule has 0 spiro atoms. The van der Waals surface area contributed by atoms with Crippen LogP contribution in [0.4, 0.5) is 5.69 Å². The summed E-state index contributed by atoms with van der Waals surface area (Å²) in [6, 6.07) is 21.0. The number of nitrogens with zero attached hydrogens (tertiary/aromatic N) is 2. The van der Waals surface area contributed by atoms with E-state index in [0.29, 0.717) is 24.8 Å². The highest BCUT2D eigenvalue weighted by molar-refractivity contribution is 5.94. The number of piperidine rings is 1. The van der Waals surface area contributed by atoms with E-state index in [4.69, 9.17) is 4.42 Å². The minimum atomic E-state index is 0.0793. The molecule has 0 aliphatic carbocycles. The normalized spacial score (nSPS) is 15.3. The monoisotopic (exact) mass is 390 g/mol. The van der Waals surface area contributed by atoms with E-state index >= 15 is 0 Å². The summed E-state index contributed by atoms with van der Waals surface area (Å²) in [5.74, 6) is 1.63. The number of anilines is 1. The Morgan fingerprint density at radius 3 is 2.38 bits per heavy atom. The number of amides is 1. The third-order valence-corrected chi connectivity index (χ3v) is 5.57. The summed E-state index contributed by atoms with van der Waals surface area (Å²) in [5, 5.41) is 9.48. The lowest BCUT2D eigenvalue weighted by atomic mass is 9.89. The highest BCUT2D eigenvalue weighted by Gasteiger charge is 2.25. The number of likely N-dealkylation sites (tertiary alicyclic amines) is 1. The predicted octanol–water partition coefficient (Wildman–Crippen LogP) is 4.40. The molecule has 1 aromatic heterocycles. The minimum Gasteiger partial charge on any atom is -0.508 e. The van der Waals surface area contributed by atoms with Crippen molar-refractivity contribution in [1.82, 2.24) is 4.90 Å². The van der Waals surface area contributed by atoms with E-state index in [1.165, 1.54) is 5.56 Å². The van der Waals surface area contributed by atoms with Crippen LogP contribution in [0.1, 0.15) is 30.1 Å². The Morgan fingerprint density at radius 2 is 1.72 bits per heavy atom. The highest BCUT2D eigenvalue weighted by Crippen LogP contribution is 2.29. The fourth-order valence-electron chi connectivity index (χ4n) is 3.94. The molecular formula is C24H26N2O3. The molecule has 0 unspecified atom stereocenters. The van der Waals surface area contributed by atoms with Crippen LogP contribution in [0.2, 0.25) is 0 Å². The van der Waals surface area contributed by atoms with Crippen LogP contribution >= 0.6 is 0 Å². The van der Waals surface area contributed by atoms with Crippen LogP contribution in [0, 0.1) is 0 Å². The van der Waals surface area contributed by atoms with Crippen molar-refractivity contribution < 1.29 is 14.3 Å². The van der Waals surface area contributed by atoms with Gasteiger partial charge in [0.15, 0.2) is 0 Å². The number of rotatable bonds is 6. The van der Waals surface area contributed by atoms with Crippen LogP contribution in [-0.2, 0) is 11.3 Å². The zero-order valence-corrected chi connectivity index (χ0v) is 16.4. The van der Waals surface area contributed by atoms with Crippen LogP contribution in [0.15, 0.2) is 77.4 Å². The molecule has 1 aliphatic rings. The van der Waals surface area contributed by atoms with Crippen molar-refractivity contribution in [3.05, 3.63) is 84.3 Å². The van der Waals surface area contributed by atoms with Crippen LogP contribution < -0.4 is 4.90 Å². The van der Waals surface area contributed by atoms with Crippen LogP contribution in [0.25, 0.3) is 0 Å². The van der Waals surface area contributed by atoms with E-state index in [0.717, 1.165) is 37.4 Å². The van der Waals surface area contributed by atoms with Crippen LogP contribution in [0.3, 0.4) is 0 Å². The van der Waals surface area contributed by atoms with Crippen molar-refractivity contribution >= 4 is 11.6 Å². The number of hydrogen-bond acceptors (Lipinski definition) is 4. The molecule has 1 fully saturated rings. The number of aromatic hydroxyl groups is 1. The first-order valence-electron chi connectivity index (χ1n) is 10.1. The number of benzene rings is 2. The van der Waals surface area contributed by atoms with Gasteiger partial charge in [-0.3, -0.25) is 9.69 Å². The zero-order chi connectivity index (χ0) is 20.1. The molecule has 1 amide bonds. The molecule has 0 bridgehead atoms. The lowest BCUT2D eigenvalue weighted by molar-refractivity contribution is -0.120. The Hall–Kier alpha value is -3.05. The van der Waals surface area contributed by atoms with E-state index in [-0.39, 0.29) is 5.91 Å². The van der Waals surface area contributed by atoms with Gasteiger partial charge in [-0.25, -0.2) is 0 Å². The first kappa shape index (κ1) is 19.3. The maximum atomic E-state index is 13.1.